The van der Waals surface area contributed by atoms with Crippen LogP contribution in [0, 0.1) is 6.92 Å². The molecule has 0 aliphatic rings. The topological polar surface area (TPSA) is 92.2 Å². The molecule has 114 valence electrons. The van der Waals surface area contributed by atoms with E-state index >= 15 is 0 Å². The van der Waals surface area contributed by atoms with Gasteiger partial charge < -0.3 is 9.15 Å². The summed E-state index contributed by atoms with van der Waals surface area (Å²) in [5.74, 6) is -0.00670. The highest BCUT2D eigenvalue weighted by Gasteiger charge is 2.18. The number of carbonyl (C=O) groups excluding carboxylic acids is 1. The number of thiophene rings is 1. The van der Waals surface area contributed by atoms with Crippen LogP contribution in [0.25, 0.3) is 5.00 Å². The van der Waals surface area contributed by atoms with Gasteiger partial charge in [0, 0.05) is 5.56 Å². The molecule has 8 nitrogen and oxygen atoms in total. The number of hydrogen-bond donors (Lipinski definition) is 0. The number of methoxy groups -OCH3 is 1. The Bertz CT molecular complexity index is 859. The van der Waals surface area contributed by atoms with Crippen molar-refractivity contribution < 1.29 is 13.9 Å². The van der Waals surface area contributed by atoms with E-state index < -0.39 is 5.97 Å². The van der Waals surface area contributed by atoms with E-state index in [4.69, 9.17) is 4.42 Å². The number of nitrogens with zero attached hydrogens (tertiary/aromatic N) is 4. The van der Waals surface area contributed by atoms with Crippen molar-refractivity contribution in [1.29, 1.82) is 0 Å². The predicted molar refractivity (Wildman–Crippen MR) is 77.4 cm³/mol. The molecule has 22 heavy (non-hydrogen) atoms. The average molecular weight is 320 g/mol. The van der Waals surface area contributed by atoms with E-state index in [0.29, 0.717) is 16.3 Å². The van der Waals surface area contributed by atoms with E-state index in [0.717, 1.165) is 0 Å². The summed E-state index contributed by atoms with van der Waals surface area (Å²) in [7, 11) is 1.28. The lowest BCUT2D eigenvalue weighted by molar-refractivity contribution is 0.0561. The number of carbonyl (C=O) groups is 1. The van der Waals surface area contributed by atoms with Crippen molar-refractivity contribution >= 4 is 17.3 Å². The highest BCUT2D eigenvalue weighted by molar-refractivity contribution is 7.12. The van der Waals surface area contributed by atoms with Gasteiger partial charge in [0.05, 0.1) is 7.11 Å². The Morgan fingerprint density at radius 3 is 2.95 bits per heavy atom. The first-order valence-electron chi connectivity index (χ1n) is 6.34. The molecule has 3 aromatic rings. The summed E-state index contributed by atoms with van der Waals surface area (Å²) in [6, 6.07) is 5.27. The largest absolute Gasteiger partial charge is 0.463 e. The minimum atomic E-state index is -0.557. The number of esters is 1. The molecular weight excluding hydrogens is 308 g/mol. The molecule has 0 amide bonds. The first-order chi connectivity index (χ1) is 10.6. The minimum absolute atomic E-state index is 0.0854. The number of ether oxygens (including phenoxy) is 1. The molecular formula is C13H12N4O4S. The smallest absolute Gasteiger partial charge is 0.374 e. The van der Waals surface area contributed by atoms with Gasteiger partial charge in [-0.25, -0.2) is 9.59 Å². The van der Waals surface area contributed by atoms with Gasteiger partial charge in [0.2, 0.25) is 5.76 Å². The van der Waals surface area contributed by atoms with E-state index in [1.165, 1.54) is 27.8 Å². The normalized spacial score (nSPS) is 10.8. The zero-order valence-electron chi connectivity index (χ0n) is 11.8. The third-order valence-electron chi connectivity index (χ3n) is 3.00. The van der Waals surface area contributed by atoms with Crippen LogP contribution >= 0.6 is 11.3 Å². The Balaban J connectivity index is 1.89. The molecule has 0 saturated heterocycles. The van der Waals surface area contributed by atoms with Gasteiger partial charge in [0.1, 0.15) is 17.3 Å². The number of rotatable bonds is 4. The van der Waals surface area contributed by atoms with Crippen molar-refractivity contribution in [1.82, 2.24) is 19.8 Å². The Hall–Kier alpha value is -2.68. The summed E-state index contributed by atoms with van der Waals surface area (Å²) in [4.78, 5) is 23.7. The second kappa shape index (κ2) is 5.60. The lowest BCUT2D eigenvalue weighted by atomic mass is 10.2. The molecule has 0 fully saturated rings. The molecule has 0 saturated carbocycles. The summed E-state index contributed by atoms with van der Waals surface area (Å²) in [6.07, 6.45) is 0. The van der Waals surface area contributed by atoms with Gasteiger partial charge in [-0.15, -0.1) is 11.3 Å². The highest BCUT2D eigenvalue weighted by atomic mass is 32.1. The van der Waals surface area contributed by atoms with E-state index in [9.17, 15) is 9.59 Å². The average Bonchev–Trinajstić information content (AvgIpc) is 3.21. The maximum atomic E-state index is 12.2. The predicted octanol–water partition coefficient (Wildman–Crippen LogP) is 1.23. The van der Waals surface area contributed by atoms with Crippen LogP contribution < -0.4 is 5.69 Å². The summed E-state index contributed by atoms with van der Waals surface area (Å²) in [5, 5.41) is 10.2. The Kier molecular flexibility index (Phi) is 3.63. The monoisotopic (exact) mass is 320 g/mol. The van der Waals surface area contributed by atoms with E-state index in [2.05, 4.69) is 15.2 Å². The lowest BCUT2D eigenvalue weighted by Crippen LogP contribution is -2.24. The molecule has 0 N–H and O–H groups in total. The third-order valence-corrected chi connectivity index (χ3v) is 3.84. The van der Waals surface area contributed by atoms with E-state index in [1.807, 2.05) is 11.4 Å². The van der Waals surface area contributed by atoms with E-state index in [-0.39, 0.29) is 18.0 Å². The van der Waals surface area contributed by atoms with Crippen molar-refractivity contribution in [2.75, 3.05) is 7.11 Å². The van der Waals surface area contributed by atoms with Crippen molar-refractivity contribution in [2.45, 2.75) is 13.5 Å². The molecule has 0 spiro atoms. The molecule has 0 unspecified atom stereocenters. The maximum Gasteiger partial charge on any atom is 0.374 e. The van der Waals surface area contributed by atoms with Gasteiger partial charge in [0.15, 0.2) is 0 Å². The molecule has 0 aliphatic heterocycles. The molecule has 0 radical (unpaired) electrons. The number of tetrazole rings is 1. The number of aromatic nitrogens is 4. The van der Waals surface area contributed by atoms with Crippen LogP contribution in [0.15, 0.2) is 32.8 Å². The van der Waals surface area contributed by atoms with Crippen LogP contribution in [-0.4, -0.2) is 32.9 Å². The van der Waals surface area contributed by atoms with Gasteiger partial charge in [-0.2, -0.15) is 9.36 Å². The number of furan rings is 1. The quantitative estimate of drug-likeness (QED) is 0.671. The van der Waals surface area contributed by atoms with Crippen molar-refractivity contribution in [3.05, 3.63) is 51.1 Å². The number of hydrogen-bond acceptors (Lipinski definition) is 7. The minimum Gasteiger partial charge on any atom is -0.463 e. The third kappa shape index (κ3) is 2.46. The van der Waals surface area contributed by atoms with Crippen molar-refractivity contribution in [3.8, 4) is 5.00 Å². The Morgan fingerprint density at radius 1 is 1.45 bits per heavy atom. The first kappa shape index (κ1) is 14.3. The van der Waals surface area contributed by atoms with Crippen LogP contribution in [0.1, 0.15) is 21.9 Å². The van der Waals surface area contributed by atoms with Gasteiger partial charge >= 0.3 is 11.7 Å². The zero-order chi connectivity index (χ0) is 15.7. The Labute approximate surface area is 128 Å². The maximum absolute atomic E-state index is 12.2. The molecule has 3 aromatic heterocycles. The van der Waals surface area contributed by atoms with Gasteiger partial charge in [-0.05, 0) is 40.9 Å². The highest BCUT2D eigenvalue weighted by Crippen LogP contribution is 2.16. The zero-order valence-corrected chi connectivity index (χ0v) is 12.7. The first-order valence-corrected chi connectivity index (χ1v) is 7.22. The summed E-state index contributed by atoms with van der Waals surface area (Å²) >= 11 is 1.39. The van der Waals surface area contributed by atoms with Crippen LogP contribution in [0.2, 0.25) is 0 Å². The summed E-state index contributed by atoms with van der Waals surface area (Å²) in [5.41, 5.74) is 0.261. The molecule has 0 bridgehead atoms. The van der Waals surface area contributed by atoms with Gasteiger partial charge in [-0.3, -0.25) is 0 Å². The lowest BCUT2D eigenvalue weighted by Gasteiger charge is -1.96. The summed E-state index contributed by atoms with van der Waals surface area (Å²) in [6.45, 7) is 1.81. The van der Waals surface area contributed by atoms with Crippen LogP contribution in [0.4, 0.5) is 0 Å². The van der Waals surface area contributed by atoms with Crippen LogP contribution in [0.5, 0.6) is 0 Å². The number of aryl methyl sites for hydroxylation is 1. The van der Waals surface area contributed by atoms with Crippen LogP contribution in [0.3, 0.4) is 0 Å². The van der Waals surface area contributed by atoms with E-state index in [1.54, 1.807) is 19.1 Å². The molecule has 0 aliphatic carbocycles. The molecule has 9 heteroatoms. The SMILES string of the molecule is COC(=O)c1oc(Cn2nnn(-c3cccs3)c2=O)cc1C. The van der Waals surface area contributed by atoms with Crippen molar-refractivity contribution in [2.24, 2.45) is 0 Å². The van der Waals surface area contributed by atoms with Crippen molar-refractivity contribution in [3.63, 3.8) is 0 Å². The fourth-order valence-corrected chi connectivity index (χ4v) is 2.64. The molecule has 3 heterocycles. The standard InChI is InChI=1S/C13H12N4O4S/c1-8-6-9(21-11(8)12(18)20-2)7-16-13(19)17(15-14-16)10-4-3-5-22-10/h3-6H,7H2,1-2H3. The Morgan fingerprint density at radius 2 is 2.27 bits per heavy atom. The fourth-order valence-electron chi connectivity index (χ4n) is 1.97. The van der Waals surface area contributed by atoms with Crippen LogP contribution in [-0.2, 0) is 11.3 Å². The van der Waals surface area contributed by atoms with Gasteiger partial charge in [-0.1, -0.05) is 0 Å². The summed E-state index contributed by atoms with van der Waals surface area (Å²) < 4.78 is 12.4. The fraction of sp³-hybridized carbons (Fsp3) is 0.231. The van der Waals surface area contributed by atoms with Gasteiger partial charge in [0.25, 0.3) is 0 Å². The second-order valence-corrected chi connectivity index (χ2v) is 5.42. The molecule has 0 aromatic carbocycles. The second-order valence-electron chi connectivity index (χ2n) is 4.50. The molecule has 3 rings (SSSR count). The molecule has 0 atom stereocenters.